The van der Waals surface area contributed by atoms with E-state index >= 15 is 0 Å². The maximum atomic E-state index is 10.7. The van der Waals surface area contributed by atoms with Crippen LogP contribution >= 0.6 is 31.9 Å². The Morgan fingerprint density at radius 1 is 1.20 bits per heavy atom. The van der Waals surface area contributed by atoms with E-state index in [9.17, 15) is 10.1 Å². The molecule has 0 saturated carbocycles. The van der Waals surface area contributed by atoms with E-state index in [4.69, 9.17) is 4.74 Å². The number of nitro groups is 1. The number of nitrogens with zero attached hydrogens (tertiary/aromatic N) is 1. The third-order valence-electron chi connectivity index (χ3n) is 2.68. The normalized spacial score (nSPS) is 10.3. The summed E-state index contributed by atoms with van der Waals surface area (Å²) in [6.45, 7) is 0.414. The van der Waals surface area contributed by atoms with Gasteiger partial charge in [0.25, 0.3) is 5.69 Å². The molecule has 4 nitrogen and oxygen atoms in total. The molecule has 0 atom stereocenters. The molecule has 0 N–H and O–H groups in total. The van der Waals surface area contributed by atoms with E-state index in [2.05, 4.69) is 31.9 Å². The van der Waals surface area contributed by atoms with Gasteiger partial charge in [-0.05, 0) is 23.8 Å². The molecule has 0 unspecified atom stereocenters. The van der Waals surface area contributed by atoms with Gasteiger partial charge in [-0.15, -0.1) is 0 Å². The summed E-state index contributed by atoms with van der Waals surface area (Å²) < 4.78 is 6.72. The van der Waals surface area contributed by atoms with Gasteiger partial charge >= 0.3 is 0 Å². The summed E-state index contributed by atoms with van der Waals surface area (Å²) in [5.74, 6) is 0.646. The van der Waals surface area contributed by atoms with E-state index in [1.807, 2.05) is 24.3 Å². The standard InChI is InChI=1S/C14H11Br2NO3/c15-8-11-7-13(17(18)19)4-5-14(11)20-9-10-2-1-3-12(16)6-10/h1-7H,8-9H2. The molecule has 2 aromatic carbocycles. The monoisotopic (exact) mass is 399 g/mol. The van der Waals surface area contributed by atoms with E-state index in [1.165, 1.54) is 12.1 Å². The van der Waals surface area contributed by atoms with Crippen molar-refractivity contribution in [2.24, 2.45) is 0 Å². The quantitative estimate of drug-likeness (QED) is 0.410. The lowest BCUT2D eigenvalue weighted by Gasteiger charge is -2.10. The molecule has 0 spiro atoms. The fourth-order valence-electron chi connectivity index (χ4n) is 1.71. The average Bonchev–Trinajstić information content (AvgIpc) is 2.45. The van der Waals surface area contributed by atoms with Gasteiger partial charge in [-0.1, -0.05) is 44.0 Å². The third kappa shape index (κ3) is 3.80. The molecule has 2 rings (SSSR count). The van der Waals surface area contributed by atoms with Crippen LogP contribution in [-0.4, -0.2) is 4.92 Å². The van der Waals surface area contributed by atoms with Crippen LogP contribution in [0.4, 0.5) is 5.69 Å². The molecule has 0 saturated heterocycles. The van der Waals surface area contributed by atoms with Gasteiger partial charge in [-0.3, -0.25) is 10.1 Å². The Morgan fingerprint density at radius 3 is 2.65 bits per heavy atom. The Hall–Kier alpha value is -1.40. The van der Waals surface area contributed by atoms with E-state index in [0.29, 0.717) is 17.7 Å². The molecule has 0 amide bonds. The van der Waals surface area contributed by atoms with Gasteiger partial charge in [0, 0.05) is 27.5 Å². The van der Waals surface area contributed by atoms with Crippen molar-refractivity contribution in [2.75, 3.05) is 0 Å². The first kappa shape index (κ1) is 15.0. The molecule has 0 bridgehead atoms. The number of rotatable bonds is 5. The molecule has 0 heterocycles. The summed E-state index contributed by atoms with van der Waals surface area (Å²) in [4.78, 5) is 10.3. The molecule has 2 aromatic rings. The lowest BCUT2D eigenvalue weighted by atomic mass is 10.2. The van der Waals surface area contributed by atoms with Crippen molar-refractivity contribution in [2.45, 2.75) is 11.9 Å². The predicted molar refractivity (Wildman–Crippen MR) is 84.2 cm³/mol. The summed E-state index contributed by atoms with van der Waals surface area (Å²) in [6.07, 6.45) is 0. The molecule has 0 aliphatic rings. The lowest BCUT2D eigenvalue weighted by Crippen LogP contribution is -1.99. The zero-order valence-corrected chi connectivity index (χ0v) is 13.6. The van der Waals surface area contributed by atoms with E-state index in [1.54, 1.807) is 6.07 Å². The van der Waals surface area contributed by atoms with E-state index < -0.39 is 4.92 Å². The predicted octanol–water partition coefficient (Wildman–Crippen LogP) is 4.83. The van der Waals surface area contributed by atoms with Crippen molar-refractivity contribution in [1.29, 1.82) is 0 Å². The highest BCUT2D eigenvalue weighted by molar-refractivity contribution is 9.10. The highest BCUT2D eigenvalue weighted by Crippen LogP contribution is 2.27. The largest absolute Gasteiger partial charge is 0.489 e. The first-order valence-electron chi connectivity index (χ1n) is 5.80. The van der Waals surface area contributed by atoms with Gasteiger partial charge in [0.2, 0.25) is 0 Å². The van der Waals surface area contributed by atoms with Gasteiger partial charge in [0.1, 0.15) is 12.4 Å². The number of non-ortho nitro benzene ring substituents is 1. The highest BCUT2D eigenvalue weighted by Gasteiger charge is 2.11. The Kier molecular flexibility index (Phi) is 5.14. The van der Waals surface area contributed by atoms with Crippen LogP contribution in [0.1, 0.15) is 11.1 Å². The third-order valence-corrected chi connectivity index (χ3v) is 3.78. The molecule has 0 aliphatic carbocycles. The molecule has 6 heteroatoms. The zero-order valence-electron chi connectivity index (χ0n) is 10.4. The van der Waals surface area contributed by atoms with E-state index in [-0.39, 0.29) is 5.69 Å². The SMILES string of the molecule is O=[N+]([O-])c1ccc(OCc2cccc(Br)c2)c(CBr)c1. The van der Waals surface area contributed by atoms with Crippen molar-refractivity contribution in [1.82, 2.24) is 0 Å². The Labute approximate surface area is 133 Å². The minimum atomic E-state index is -0.412. The number of hydrogen-bond donors (Lipinski definition) is 0. The van der Waals surface area contributed by atoms with Crippen LogP contribution < -0.4 is 4.74 Å². The van der Waals surface area contributed by atoms with Crippen molar-refractivity contribution < 1.29 is 9.66 Å². The van der Waals surface area contributed by atoms with Crippen LogP contribution in [0.2, 0.25) is 0 Å². The molecule has 20 heavy (non-hydrogen) atoms. The summed E-state index contributed by atoms with van der Waals surface area (Å²) in [5.41, 5.74) is 1.85. The number of ether oxygens (including phenoxy) is 1. The van der Waals surface area contributed by atoms with Crippen LogP contribution in [0, 0.1) is 10.1 Å². The Balaban J connectivity index is 2.15. The number of hydrogen-bond acceptors (Lipinski definition) is 3. The van der Waals surface area contributed by atoms with Crippen LogP contribution in [0.3, 0.4) is 0 Å². The van der Waals surface area contributed by atoms with Crippen molar-refractivity contribution in [3.63, 3.8) is 0 Å². The van der Waals surface area contributed by atoms with Gasteiger partial charge < -0.3 is 4.74 Å². The van der Waals surface area contributed by atoms with Crippen molar-refractivity contribution in [3.05, 3.63) is 68.2 Å². The van der Waals surface area contributed by atoms with Gasteiger partial charge in [-0.2, -0.15) is 0 Å². The maximum absolute atomic E-state index is 10.7. The fraction of sp³-hybridized carbons (Fsp3) is 0.143. The molecule has 0 aromatic heterocycles. The minimum Gasteiger partial charge on any atom is -0.489 e. The molecule has 0 aliphatic heterocycles. The molecular formula is C14H11Br2NO3. The molecule has 0 radical (unpaired) electrons. The molecular weight excluding hydrogens is 390 g/mol. The van der Waals surface area contributed by atoms with Crippen LogP contribution in [0.15, 0.2) is 46.9 Å². The number of alkyl halides is 1. The number of benzene rings is 2. The second-order valence-corrected chi connectivity index (χ2v) is 5.58. The fourth-order valence-corrected chi connectivity index (χ4v) is 2.60. The average molecular weight is 401 g/mol. The summed E-state index contributed by atoms with van der Waals surface area (Å²) in [7, 11) is 0. The first-order valence-corrected chi connectivity index (χ1v) is 7.72. The van der Waals surface area contributed by atoms with Gasteiger partial charge in [0.05, 0.1) is 4.92 Å². The molecule has 0 fully saturated rings. The van der Waals surface area contributed by atoms with Crippen LogP contribution in [0.25, 0.3) is 0 Å². The first-order chi connectivity index (χ1) is 9.60. The van der Waals surface area contributed by atoms with Crippen molar-refractivity contribution in [3.8, 4) is 5.75 Å². The smallest absolute Gasteiger partial charge is 0.270 e. The molecule has 104 valence electrons. The van der Waals surface area contributed by atoms with Crippen LogP contribution in [-0.2, 0) is 11.9 Å². The summed E-state index contributed by atoms with van der Waals surface area (Å²) >= 11 is 6.72. The summed E-state index contributed by atoms with van der Waals surface area (Å²) in [6, 6.07) is 12.4. The Bertz CT molecular complexity index is 632. The van der Waals surface area contributed by atoms with Gasteiger partial charge in [0.15, 0.2) is 0 Å². The van der Waals surface area contributed by atoms with E-state index in [0.717, 1.165) is 15.6 Å². The minimum absolute atomic E-state index is 0.0641. The summed E-state index contributed by atoms with van der Waals surface area (Å²) in [5, 5.41) is 11.2. The lowest BCUT2D eigenvalue weighted by molar-refractivity contribution is -0.384. The Morgan fingerprint density at radius 2 is 2.00 bits per heavy atom. The second kappa shape index (κ2) is 6.85. The zero-order chi connectivity index (χ0) is 14.5. The maximum Gasteiger partial charge on any atom is 0.270 e. The topological polar surface area (TPSA) is 52.4 Å². The van der Waals surface area contributed by atoms with Crippen molar-refractivity contribution >= 4 is 37.5 Å². The number of halogens is 2. The number of nitro benzene ring substituents is 1. The second-order valence-electron chi connectivity index (χ2n) is 4.10. The highest BCUT2D eigenvalue weighted by atomic mass is 79.9. The van der Waals surface area contributed by atoms with Gasteiger partial charge in [-0.25, -0.2) is 0 Å². The van der Waals surface area contributed by atoms with Crippen LogP contribution in [0.5, 0.6) is 5.75 Å².